The first kappa shape index (κ1) is 15.2. The first-order valence-electron chi connectivity index (χ1n) is 6.54. The summed E-state index contributed by atoms with van der Waals surface area (Å²) in [6, 6.07) is 1.69. The Balaban J connectivity index is 2.14. The van der Waals surface area contributed by atoms with E-state index < -0.39 is 26.6 Å². The lowest BCUT2D eigenvalue weighted by Crippen LogP contribution is -2.29. The zero-order chi connectivity index (χ0) is 14.9. The summed E-state index contributed by atoms with van der Waals surface area (Å²) in [7, 11) is -4.09. The van der Waals surface area contributed by atoms with Crippen LogP contribution in [0.3, 0.4) is 0 Å². The number of sulfonamides is 1. The minimum absolute atomic E-state index is 0.126. The summed E-state index contributed by atoms with van der Waals surface area (Å²) in [5.74, 6) is -1.84. The van der Waals surface area contributed by atoms with Gasteiger partial charge in [0.25, 0.3) is 0 Å². The fraction of sp³-hybridized carbons (Fsp3) is 0.538. The van der Waals surface area contributed by atoms with Gasteiger partial charge in [-0.15, -0.1) is 0 Å². The minimum Gasteiger partial charge on any atom is -0.399 e. The van der Waals surface area contributed by atoms with Gasteiger partial charge >= 0.3 is 0 Å². The van der Waals surface area contributed by atoms with Crippen molar-refractivity contribution in [3.63, 3.8) is 0 Å². The molecule has 0 spiro atoms. The molecule has 3 N–H and O–H groups in total. The van der Waals surface area contributed by atoms with Crippen molar-refractivity contribution in [2.24, 2.45) is 11.8 Å². The standard InChI is InChI=1S/C13H18F2N2O2S/c1-8-2-3-9(4-8)7-17-20(18,19)12-6-10(16)5-11(14)13(12)15/h5-6,8-9,17H,2-4,7,16H2,1H3. The Morgan fingerprint density at radius 3 is 2.65 bits per heavy atom. The van der Waals surface area contributed by atoms with E-state index in [-0.39, 0.29) is 18.2 Å². The number of hydrogen-bond acceptors (Lipinski definition) is 3. The average molecular weight is 304 g/mol. The minimum atomic E-state index is -4.09. The third-order valence-electron chi connectivity index (χ3n) is 3.67. The molecule has 0 amide bonds. The van der Waals surface area contributed by atoms with E-state index in [9.17, 15) is 17.2 Å². The van der Waals surface area contributed by atoms with E-state index in [1.807, 2.05) is 0 Å². The molecule has 0 bridgehead atoms. The van der Waals surface area contributed by atoms with Crippen molar-refractivity contribution in [3.05, 3.63) is 23.8 Å². The second-order valence-electron chi connectivity index (χ2n) is 5.45. The summed E-state index contributed by atoms with van der Waals surface area (Å²) in [5.41, 5.74) is 5.24. The van der Waals surface area contributed by atoms with Gasteiger partial charge in [-0.1, -0.05) is 13.3 Å². The molecular weight excluding hydrogens is 286 g/mol. The highest BCUT2D eigenvalue weighted by atomic mass is 32.2. The molecule has 0 heterocycles. The maximum atomic E-state index is 13.6. The van der Waals surface area contributed by atoms with E-state index >= 15 is 0 Å². The molecule has 1 fully saturated rings. The summed E-state index contributed by atoms with van der Waals surface area (Å²) >= 11 is 0. The molecule has 4 nitrogen and oxygen atoms in total. The van der Waals surface area contributed by atoms with Gasteiger partial charge in [0.2, 0.25) is 10.0 Å². The van der Waals surface area contributed by atoms with E-state index in [0.717, 1.165) is 31.4 Å². The Hall–Kier alpha value is -1.21. The van der Waals surface area contributed by atoms with Crippen LogP contribution in [0.5, 0.6) is 0 Å². The van der Waals surface area contributed by atoms with Crippen molar-refractivity contribution in [1.29, 1.82) is 0 Å². The fourth-order valence-corrected chi connectivity index (χ4v) is 3.83. The third kappa shape index (κ3) is 3.27. The highest BCUT2D eigenvalue weighted by Crippen LogP contribution is 2.30. The van der Waals surface area contributed by atoms with Crippen LogP contribution in [-0.2, 0) is 10.0 Å². The van der Waals surface area contributed by atoms with E-state index in [2.05, 4.69) is 11.6 Å². The van der Waals surface area contributed by atoms with Crippen LogP contribution in [0.15, 0.2) is 17.0 Å². The van der Waals surface area contributed by atoms with Crippen LogP contribution in [0.2, 0.25) is 0 Å². The summed E-state index contributed by atoms with van der Waals surface area (Å²) in [6.07, 6.45) is 2.95. The predicted octanol–water partition coefficient (Wildman–Crippen LogP) is 2.26. The van der Waals surface area contributed by atoms with Gasteiger partial charge in [0.15, 0.2) is 11.6 Å². The number of benzene rings is 1. The molecule has 0 aliphatic heterocycles. The fourth-order valence-electron chi connectivity index (χ4n) is 2.59. The highest BCUT2D eigenvalue weighted by molar-refractivity contribution is 7.89. The van der Waals surface area contributed by atoms with Crippen molar-refractivity contribution in [1.82, 2.24) is 4.72 Å². The van der Waals surface area contributed by atoms with Gasteiger partial charge in [0, 0.05) is 12.2 Å². The van der Waals surface area contributed by atoms with Crippen molar-refractivity contribution >= 4 is 15.7 Å². The van der Waals surface area contributed by atoms with Crippen LogP contribution in [-0.4, -0.2) is 15.0 Å². The maximum absolute atomic E-state index is 13.6. The molecule has 0 saturated heterocycles. The molecule has 2 rings (SSSR count). The van der Waals surface area contributed by atoms with Gasteiger partial charge in [-0.3, -0.25) is 0 Å². The summed E-state index contributed by atoms with van der Waals surface area (Å²) in [6.45, 7) is 2.35. The number of anilines is 1. The SMILES string of the molecule is CC1CCC(CNS(=O)(=O)c2cc(N)cc(F)c2F)C1. The van der Waals surface area contributed by atoms with Crippen LogP contribution >= 0.6 is 0 Å². The van der Waals surface area contributed by atoms with Gasteiger partial charge in [0.05, 0.1) is 0 Å². The molecule has 7 heteroatoms. The number of halogens is 2. The maximum Gasteiger partial charge on any atom is 0.243 e. The van der Waals surface area contributed by atoms with Crippen LogP contribution in [0, 0.1) is 23.5 Å². The second-order valence-corrected chi connectivity index (χ2v) is 7.19. The van der Waals surface area contributed by atoms with Gasteiger partial charge in [-0.2, -0.15) is 0 Å². The van der Waals surface area contributed by atoms with E-state index in [1.54, 1.807) is 0 Å². The molecule has 1 aliphatic rings. The zero-order valence-corrected chi connectivity index (χ0v) is 12.0. The van der Waals surface area contributed by atoms with Crippen molar-refractivity contribution in [2.75, 3.05) is 12.3 Å². The normalized spacial score (nSPS) is 23.1. The molecule has 1 aromatic rings. The van der Waals surface area contributed by atoms with Crippen LogP contribution in [0.25, 0.3) is 0 Å². The number of nitrogen functional groups attached to an aromatic ring is 1. The molecule has 0 aromatic heterocycles. The Bertz CT molecular complexity index is 605. The van der Waals surface area contributed by atoms with Crippen molar-refractivity contribution < 1.29 is 17.2 Å². The number of nitrogens with one attached hydrogen (secondary N) is 1. The molecule has 2 unspecified atom stereocenters. The van der Waals surface area contributed by atoms with E-state index in [4.69, 9.17) is 5.73 Å². The quantitative estimate of drug-likeness (QED) is 0.838. The van der Waals surface area contributed by atoms with Gasteiger partial charge in [0.1, 0.15) is 4.90 Å². The van der Waals surface area contributed by atoms with Gasteiger partial charge in [-0.25, -0.2) is 21.9 Å². The smallest absolute Gasteiger partial charge is 0.243 e. The highest BCUT2D eigenvalue weighted by Gasteiger charge is 2.26. The Morgan fingerprint density at radius 1 is 1.35 bits per heavy atom. The summed E-state index contributed by atoms with van der Waals surface area (Å²) < 4.78 is 53.2. The van der Waals surface area contributed by atoms with Gasteiger partial charge < -0.3 is 5.73 Å². The number of rotatable bonds is 4. The molecule has 2 atom stereocenters. The van der Waals surface area contributed by atoms with Crippen LogP contribution in [0.1, 0.15) is 26.2 Å². The second kappa shape index (κ2) is 5.65. The largest absolute Gasteiger partial charge is 0.399 e. The Kier molecular flexibility index (Phi) is 4.29. The molecule has 1 aromatic carbocycles. The first-order valence-corrected chi connectivity index (χ1v) is 8.02. The zero-order valence-electron chi connectivity index (χ0n) is 11.2. The van der Waals surface area contributed by atoms with Crippen molar-refractivity contribution in [3.8, 4) is 0 Å². The number of nitrogens with two attached hydrogens (primary N) is 1. The molecule has 0 radical (unpaired) electrons. The van der Waals surface area contributed by atoms with Crippen LogP contribution < -0.4 is 10.5 Å². The number of hydrogen-bond donors (Lipinski definition) is 2. The summed E-state index contributed by atoms with van der Waals surface area (Å²) in [5, 5.41) is 0. The van der Waals surface area contributed by atoms with E-state index in [1.165, 1.54) is 0 Å². The topological polar surface area (TPSA) is 72.2 Å². The Labute approximate surface area is 117 Å². The van der Waals surface area contributed by atoms with Crippen LogP contribution in [0.4, 0.5) is 14.5 Å². The first-order chi connectivity index (χ1) is 9.29. The molecule has 1 aliphatic carbocycles. The molecule has 1 saturated carbocycles. The molecule has 20 heavy (non-hydrogen) atoms. The lowest BCUT2D eigenvalue weighted by Gasteiger charge is -2.12. The lowest BCUT2D eigenvalue weighted by molar-refractivity contribution is 0.476. The van der Waals surface area contributed by atoms with E-state index in [0.29, 0.717) is 5.92 Å². The lowest BCUT2D eigenvalue weighted by atomic mass is 10.1. The predicted molar refractivity (Wildman–Crippen MR) is 72.5 cm³/mol. The Morgan fingerprint density at radius 2 is 2.05 bits per heavy atom. The summed E-state index contributed by atoms with van der Waals surface area (Å²) in [4.78, 5) is -0.735. The molecule has 112 valence electrons. The third-order valence-corrected chi connectivity index (χ3v) is 5.09. The monoisotopic (exact) mass is 304 g/mol. The van der Waals surface area contributed by atoms with Gasteiger partial charge in [-0.05, 0) is 36.8 Å². The molecular formula is C13H18F2N2O2S. The van der Waals surface area contributed by atoms with Crippen molar-refractivity contribution in [2.45, 2.75) is 31.1 Å². The average Bonchev–Trinajstić information content (AvgIpc) is 2.77.